The van der Waals surface area contributed by atoms with Crippen molar-refractivity contribution in [2.24, 2.45) is 5.92 Å². The highest BCUT2D eigenvalue weighted by Gasteiger charge is 2.25. The summed E-state index contributed by atoms with van der Waals surface area (Å²) in [7, 11) is 0. The number of hydrogen-bond acceptors (Lipinski definition) is 4. The second kappa shape index (κ2) is 5.98. The van der Waals surface area contributed by atoms with Gasteiger partial charge in [-0.25, -0.2) is 0 Å². The Labute approximate surface area is 103 Å². The summed E-state index contributed by atoms with van der Waals surface area (Å²) in [5.41, 5.74) is 7.93. The SMILES string of the molecule is CCNC(Cc1cnccc1N)C1CCOC1. The lowest BCUT2D eigenvalue weighted by Crippen LogP contribution is -2.38. The number of aromatic nitrogens is 1. The zero-order valence-electron chi connectivity index (χ0n) is 10.4. The number of likely N-dealkylation sites (N-methyl/N-ethyl adjacent to an activating group) is 1. The van der Waals surface area contributed by atoms with Crippen molar-refractivity contribution in [1.82, 2.24) is 10.3 Å². The molecular formula is C13H21N3O. The number of pyridine rings is 1. The molecule has 1 fully saturated rings. The second-order valence-corrected chi connectivity index (χ2v) is 4.57. The van der Waals surface area contributed by atoms with Gasteiger partial charge in [0.1, 0.15) is 0 Å². The van der Waals surface area contributed by atoms with Gasteiger partial charge in [0.25, 0.3) is 0 Å². The van der Waals surface area contributed by atoms with Gasteiger partial charge in [-0.15, -0.1) is 0 Å². The predicted molar refractivity (Wildman–Crippen MR) is 68.7 cm³/mol. The maximum atomic E-state index is 5.96. The Hall–Kier alpha value is -1.13. The topological polar surface area (TPSA) is 60.2 Å². The van der Waals surface area contributed by atoms with E-state index >= 15 is 0 Å². The van der Waals surface area contributed by atoms with E-state index in [1.165, 1.54) is 0 Å². The maximum Gasteiger partial charge on any atom is 0.0510 e. The number of nitrogens with one attached hydrogen (secondary N) is 1. The summed E-state index contributed by atoms with van der Waals surface area (Å²) >= 11 is 0. The highest BCUT2D eigenvalue weighted by atomic mass is 16.5. The quantitative estimate of drug-likeness (QED) is 0.805. The number of hydrogen-bond donors (Lipinski definition) is 2. The number of nitrogen functional groups attached to an aromatic ring is 1. The van der Waals surface area contributed by atoms with Crippen molar-refractivity contribution >= 4 is 5.69 Å². The van der Waals surface area contributed by atoms with Crippen LogP contribution >= 0.6 is 0 Å². The molecule has 94 valence electrons. The van der Waals surface area contributed by atoms with Crippen molar-refractivity contribution in [3.8, 4) is 0 Å². The number of anilines is 1. The highest BCUT2D eigenvalue weighted by molar-refractivity contribution is 5.44. The summed E-state index contributed by atoms with van der Waals surface area (Å²) in [4.78, 5) is 4.15. The summed E-state index contributed by atoms with van der Waals surface area (Å²) < 4.78 is 5.47. The van der Waals surface area contributed by atoms with Crippen LogP contribution in [0.3, 0.4) is 0 Å². The standard InChI is InChI=1S/C13H21N3O/c1-2-16-13(10-4-6-17-9-10)7-11-8-15-5-3-12(11)14/h3,5,8,10,13,16H,2,4,6-7,9H2,1H3,(H2,14,15). The largest absolute Gasteiger partial charge is 0.398 e. The molecule has 2 unspecified atom stereocenters. The van der Waals surface area contributed by atoms with Crippen LogP contribution in [0.2, 0.25) is 0 Å². The average molecular weight is 235 g/mol. The molecule has 0 bridgehead atoms. The zero-order chi connectivity index (χ0) is 12.1. The summed E-state index contributed by atoms with van der Waals surface area (Å²) in [5, 5.41) is 3.54. The van der Waals surface area contributed by atoms with Crippen molar-refractivity contribution in [3.05, 3.63) is 24.0 Å². The Morgan fingerprint density at radius 1 is 1.65 bits per heavy atom. The predicted octanol–water partition coefficient (Wildman–Crippen LogP) is 1.22. The summed E-state index contributed by atoms with van der Waals surface area (Å²) in [6.07, 6.45) is 5.68. The molecule has 0 aliphatic carbocycles. The molecule has 2 atom stereocenters. The lowest BCUT2D eigenvalue weighted by molar-refractivity contribution is 0.176. The first-order valence-electron chi connectivity index (χ1n) is 6.30. The van der Waals surface area contributed by atoms with E-state index in [1.54, 1.807) is 6.20 Å². The fourth-order valence-corrected chi connectivity index (χ4v) is 2.38. The van der Waals surface area contributed by atoms with Gasteiger partial charge in [-0.2, -0.15) is 0 Å². The van der Waals surface area contributed by atoms with Crippen molar-refractivity contribution < 1.29 is 4.74 Å². The minimum atomic E-state index is 0.439. The molecular weight excluding hydrogens is 214 g/mol. The van der Waals surface area contributed by atoms with Gasteiger partial charge < -0.3 is 15.8 Å². The Kier molecular flexibility index (Phi) is 4.34. The molecule has 4 heteroatoms. The van der Waals surface area contributed by atoms with E-state index in [-0.39, 0.29) is 0 Å². The van der Waals surface area contributed by atoms with E-state index in [0.717, 1.165) is 43.9 Å². The van der Waals surface area contributed by atoms with E-state index < -0.39 is 0 Å². The number of nitrogens with zero attached hydrogens (tertiary/aromatic N) is 1. The van der Waals surface area contributed by atoms with Gasteiger partial charge in [0.05, 0.1) is 6.61 Å². The van der Waals surface area contributed by atoms with Gasteiger partial charge >= 0.3 is 0 Å². The van der Waals surface area contributed by atoms with E-state index in [2.05, 4.69) is 17.2 Å². The fourth-order valence-electron chi connectivity index (χ4n) is 2.38. The summed E-state index contributed by atoms with van der Waals surface area (Å²) in [6, 6.07) is 2.30. The van der Waals surface area contributed by atoms with Crippen LogP contribution in [0.4, 0.5) is 5.69 Å². The first kappa shape index (κ1) is 12.3. The van der Waals surface area contributed by atoms with Gasteiger partial charge in [-0.3, -0.25) is 4.98 Å². The lowest BCUT2D eigenvalue weighted by atomic mass is 9.93. The third-order valence-corrected chi connectivity index (χ3v) is 3.38. The van der Waals surface area contributed by atoms with E-state index in [0.29, 0.717) is 12.0 Å². The Balaban J connectivity index is 2.04. The molecule has 1 aromatic rings. The number of ether oxygens (including phenoxy) is 1. The first-order valence-corrected chi connectivity index (χ1v) is 6.30. The van der Waals surface area contributed by atoms with Crippen LogP contribution < -0.4 is 11.1 Å². The minimum Gasteiger partial charge on any atom is -0.398 e. The van der Waals surface area contributed by atoms with Gasteiger partial charge in [-0.05, 0) is 31.0 Å². The molecule has 3 N–H and O–H groups in total. The van der Waals surface area contributed by atoms with Crippen molar-refractivity contribution in [1.29, 1.82) is 0 Å². The van der Waals surface area contributed by atoms with Crippen LogP contribution in [-0.2, 0) is 11.2 Å². The van der Waals surface area contributed by atoms with E-state index in [9.17, 15) is 0 Å². The molecule has 17 heavy (non-hydrogen) atoms. The van der Waals surface area contributed by atoms with Gasteiger partial charge in [-0.1, -0.05) is 6.92 Å². The molecule has 4 nitrogen and oxygen atoms in total. The average Bonchev–Trinajstić information content (AvgIpc) is 2.85. The molecule has 0 amide bonds. The molecule has 0 aromatic carbocycles. The van der Waals surface area contributed by atoms with Crippen LogP contribution in [-0.4, -0.2) is 30.8 Å². The van der Waals surface area contributed by atoms with Crippen molar-refractivity contribution in [2.75, 3.05) is 25.5 Å². The molecule has 0 saturated carbocycles. The van der Waals surface area contributed by atoms with Crippen LogP contribution in [0.25, 0.3) is 0 Å². The Bertz CT molecular complexity index is 350. The molecule has 2 rings (SSSR count). The smallest absolute Gasteiger partial charge is 0.0510 e. The summed E-state index contributed by atoms with van der Waals surface area (Å²) in [6.45, 7) is 4.85. The van der Waals surface area contributed by atoms with Gasteiger partial charge in [0.2, 0.25) is 0 Å². The van der Waals surface area contributed by atoms with Crippen molar-refractivity contribution in [2.45, 2.75) is 25.8 Å². The van der Waals surface area contributed by atoms with Gasteiger partial charge in [0.15, 0.2) is 0 Å². The molecule has 0 spiro atoms. The number of nitrogens with two attached hydrogens (primary N) is 1. The van der Waals surface area contributed by atoms with Crippen LogP contribution in [0, 0.1) is 5.92 Å². The minimum absolute atomic E-state index is 0.439. The lowest BCUT2D eigenvalue weighted by Gasteiger charge is -2.23. The maximum absolute atomic E-state index is 5.96. The Morgan fingerprint density at radius 2 is 2.53 bits per heavy atom. The van der Waals surface area contributed by atoms with E-state index in [1.807, 2.05) is 12.3 Å². The first-order chi connectivity index (χ1) is 8.31. The normalized spacial score (nSPS) is 21.6. The number of rotatable bonds is 5. The molecule has 1 aliphatic rings. The molecule has 1 aromatic heterocycles. The third-order valence-electron chi connectivity index (χ3n) is 3.38. The monoisotopic (exact) mass is 235 g/mol. The second-order valence-electron chi connectivity index (χ2n) is 4.57. The van der Waals surface area contributed by atoms with Crippen LogP contribution in [0.1, 0.15) is 18.9 Å². The fraction of sp³-hybridized carbons (Fsp3) is 0.615. The van der Waals surface area contributed by atoms with Crippen molar-refractivity contribution in [3.63, 3.8) is 0 Å². The van der Waals surface area contributed by atoms with E-state index in [4.69, 9.17) is 10.5 Å². The molecule has 0 radical (unpaired) electrons. The van der Waals surface area contributed by atoms with Crippen LogP contribution in [0.5, 0.6) is 0 Å². The van der Waals surface area contributed by atoms with Crippen LogP contribution in [0.15, 0.2) is 18.5 Å². The Morgan fingerprint density at radius 3 is 3.18 bits per heavy atom. The highest BCUT2D eigenvalue weighted by Crippen LogP contribution is 2.21. The molecule has 2 heterocycles. The van der Waals surface area contributed by atoms with Gasteiger partial charge in [0, 0.05) is 36.6 Å². The zero-order valence-corrected chi connectivity index (χ0v) is 10.4. The summed E-state index contributed by atoms with van der Waals surface area (Å²) in [5.74, 6) is 0.592. The molecule has 1 saturated heterocycles. The molecule has 1 aliphatic heterocycles. The third kappa shape index (κ3) is 3.17.